The number of benzene rings is 1. The van der Waals surface area contributed by atoms with Crippen LogP contribution in [0.5, 0.6) is 0 Å². The van der Waals surface area contributed by atoms with Crippen molar-refractivity contribution < 1.29 is 0 Å². The van der Waals surface area contributed by atoms with E-state index in [1.165, 1.54) is 29.7 Å². The smallest absolute Gasteiger partial charge is 0.0208 e. The van der Waals surface area contributed by atoms with Crippen LogP contribution < -0.4 is 5.32 Å². The van der Waals surface area contributed by atoms with Gasteiger partial charge in [0.05, 0.1) is 0 Å². The summed E-state index contributed by atoms with van der Waals surface area (Å²) in [5, 5.41) is 3.72. The van der Waals surface area contributed by atoms with E-state index in [2.05, 4.69) is 49.7 Å². The minimum atomic E-state index is 0.719. The molecular formula is C16H25NS. The summed E-state index contributed by atoms with van der Waals surface area (Å²) in [6.45, 7) is 5.80. The van der Waals surface area contributed by atoms with Gasteiger partial charge in [-0.15, -0.1) is 11.8 Å². The van der Waals surface area contributed by atoms with Gasteiger partial charge in [0.15, 0.2) is 0 Å². The van der Waals surface area contributed by atoms with Crippen LogP contribution in [-0.2, 0) is 6.54 Å². The molecule has 2 heteroatoms. The molecule has 0 saturated heterocycles. The average molecular weight is 263 g/mol. The Morgan fingerprint density at radius 3 is 2.44 bits per heavy atom. The van der Waals surface area contributed by atoms with Crippen LogP contribution in [-0.4, -0.2) is 12.3 Å². The molecule has 1 N–H and O–H groups in total. The van der Waals surface area contributed by atoms with E-state index in [1.807, 2.05) is 0 Å². The number of hydrogen-bond acceptors (Lipinski definition) is 2. The molecule has 0 spiro atoms. The zero-order valence-electron chi connectivity index (χ0n) is 11.8. The van der Waals surface area contributed by atoms with Gasteiger partial charge < -0.3 is 5.32 Å². The lowest BCUT2D eigenvalue weighted by Crippen LogP contribution is -2.35. The van der Waals surface area contributed by atoms with E-state index in [9.17, 15) is 0 Å². The Balaban J connectivity index is 1.80. The fourth-order valence-corrected chi connectivity index (χ4v) is 3.15. The lowest BCUT2D eigenvalue weighted by atomic mass is 9.79. The van der Waals surface area contributed by atoms with Crippen LogP contribution in [0, 0.1) is 11.8 Å². The Morgan fingerprint density at radius 2 is 1.83 bits per heavy atom. The third kappa shape index (κ3) is 3.76. The molecule has 1 aromatic carbocycles. The molecule has 1 nitrogen and oxygen atoms in total. The molecule has 1 aromatic rings. The molecule has 1 aliphatic carbocycles. The van der Waals surface area contributed by atoms with E-state index >= 15 is 0 Å². The molecule has 1 fully saturated rings. The normalized spacial score (nSPS) is 28.3. The standard InChI is InChI=1S/C16H25NS/c1-12-4-7-15(10-13(12)2)17-11-14-5-8-16(18-3)9-6-14/h5-6,8-9,12-13,15,17H,4,7,10-11H2,1-3H3. The quantitative estimate of drug-likeness (QED) is 0.812. The van der Waals surface area contributed by atoms with Crippen molar-refractivity contribution in [1.29, 1.82) is 0 Å². The summed E-state index contributed by atoms with van der Waals surface area (Å²) in [4.78, 5) is 1.35. The van der Waals surface area contributed by atoms with Crippen molar-refractivity contribution in [2.24, 2.45) is 11.8 Å². The van der Waals surface area contributed by atoms with E-state index < -0.39 is 0 Å². The first kappa shape index (κ1) is 14.0. The van der Waals surface area contributed by atoms with E-state index in [0.29, 0.717) is 0 Å². The predicted molar refractivity (Wildman–Crippen MR) is 81.0 cm³/mol. The fourth-order valence-electron chi connectivity index (χ4n) is 2.74. The van der Waals surface area contributed by atoms with Gasteiger partial charge in [-0.3, -0.25) is 0 Å². The maximum atomic E-state index is 3.72. The van der Waals surface area contributed by atoms with Gasteiger partial charge in [0.2, 0.25) is 0 Å². The second kappa shape index (κ2) is 6.63. The van der Waals surface area contributed by atoms with Crippen LogP contribution in [0.25, 0.3) is 0 Å². The molecular weight excluding hydrogens is 238 g/mol. The fraction of sp³-hybridized carbons (Fsp3) is 0.625. The Hall–Kier alpha value is -0.470. The molecule has 2 rings (SSSR count). The van der Waals surface area contributed by atoms with Crippen molar-refractivity contribution in [3.8, 4) is 0 Å². The van der Waals surface area contributed by atoms with Gasteiger partial charge in [0.25, 0.3) is 0 Å². The third-order valence-corrected chi connectivity index (χ3v) is 5.10. The highest BCUT2D eigenvalue weighted by Crippen LogP contribution is 2.29. The van der Waals surface area contributed by atoms with Gasteiger partial charge in [-0.05, 0) is 55.1 Å². The Bertz CT molecular complexity index is 360. The van der Waals surface area contributed by atoms with Crippen LogP contribution in [0.4, 0.5) is 0 Å². The number of rotatable bonds is 4. The minimum Gasteiger partial charge on any atom is -0.310 e. The first-order chi connectivity index (χ1) is 8.69. The van der Waals surface area contributed by atoms with Gasteiger partial charge in [-0.25, -0.2) is 0 Å². The monoisotopic (exact) mass is 263 g/mol. The third-order valence-electron chi connectivity index (χ3n) is 4.35. The molecule has 1 aliphatic rings. The van der Waals surface area contributed by atoms with E-state index in [1.54, 1.807) is 11.8 Å². The van der Waals surface area contributed by atoms with Crippen molar-refractivity contribution in [3.63, 3.8) is 0 Å². The molecule has 0 heterocycles. The maximum Gasteiger partial charge on any atom is 0.0208 e. The van der Waals surface area contributed by atoms with Crippen molar-refractivity contribution in [1.82, 2.24) is 5.32 Å². The molecule has 18 heavy (non-hydrogen) atoms. The van der Waals surface area contributed by atoms with Crippen LogP contribution in [0.15, 0.2) is 29.2 Å². The highest BCUT2D eigenvalue weighted by Gasteiger charge is 2.23. The lowest BCUT2D eigenvalue weighted by Gasteiger charge is -2.32. The Morgan fingerprint density at radius 1 is 1.11 bits per heavy atom. The first-order valence-electron chi connectivity index (χ1n) is 7.05. The molecule has 0 aliphatic heterocycles. The molecule has 0 aromatic heterocycles. The SMILES string of the molecule is CSc1ccc(CNC2CCC(C)C(C)C2)cc1. The lowest BCUT2D eigenvalue weighted by molar-refractivity contribution is 0.225. The molecule has 0 bridgehead atoms. The van der Waals surface area contributed by atoms with Gasteiger partial charge in [0, 0.05) is 17.5 Å². The zero-order valence-corrected chi connectivity index (χ0v) is 12.6. The van der Waals surface area contributed by atoms with Crippen LogP contribution >= 0.6 is 11.8 Å². The largest absolute Gasteiger partial charge is 0.310 e. The summed E-state index contributed by atoms with van der Waals surface area (Å²) in [5.74, 6) is 1.78. The molecule has 3 unspecified atom stereocenters. The highest BCUT2D eigenvalue weighted by molar-refractivity contribution is 7.98. The van der Waals surface area contributed by atoms with Gasteiger partial charge in [0.1, 0.15) is 0 Å². The number of nitrogens with one attached hydrogen (secondary N) is 1. The maximum absolute atomic E-state index is 3.72. The van der Waals surface area contributed by atoms with E-state index in [0.717, 1.165) is 24.4 Å². The predicted octanol–water partition coefficient (Wildman–Crippen LogP) is 4.32. The van der Waals surface area contributed by atoms with Gasteiger partial charge in [-0.1, -0.05) is 26.0 Å². The second-order valence-electron chi connectivity index (χ2n) is 5.69. The van der Waals surface area contributed by atoms with Crippen LogP contribution in [0.1, 0.15) is 38.7 Å². The summed E-state index contributed by atoms with van der Waals surface area (Å²) >= 11 is 1.80. The Kier molecular flexibility index (Phi) is 5.13. The number of thioether (sulfide) groups is 1. The summed E-state index contributed by atoms with van der Waals surface area (Å²) in [6.07, 6.45) is 6.18. The number of hydrogen-bond donors (Lipinski definition) is 1. The highest BCUT2D eigenvalue weighted by atomic mass is 32.2. The minimum absolute atomic E-state index is 0.719. The average Bonchev–Trinajstić information content (AvgIpc) is 2.41. The second-order valence-corrected chi connectivity index (χ2v) is 6.57. The summed E-state index contributed by atoms with van der Waals surface area (Å²) in [7, 11) is 0. The summed E-state index contributed by atoms with van der Waals surface area (Å²) in [5.41, 5.74) is 1.40. The summed E-state index contributed by atoms with van der Waals surface area (Å²) < 4.78 is 0. The van der Waals surface area contributed by atoms with Crippen molar-refractivity contribution in [3.05, 3.63) is 29.8 Å². The molecule has 0 radical (unpaired) electrons. The molecule has 1 saturated carbocycles. The van der Waals surface area contributed by atoms with Gasteiger partial charge >= 0.3 is 0 Å². The Labute approximate surface area is 116 Å². The van der Waals surface area contributed by atoms with Crippen molar-refractivity contribution >= 4 is 11.8 Å². The molecule has 3 atom stereocenters. The van der Waals surface area contributed by atoms with Crippen LogP contribution in [0.2, 0.25) is 0 Å². The summed E-state index contributed by atoms with van der Waals surface area (Å²) in [6, 6.07) is 9.64. The molecule has 0 amide bonds. The van der Waals surface area contributed by atoms with E-state index in [4.69, 9.17) is 0 Å². The van der Waals surface area contributed by atoms with Crippen molar-refractivity contribution in [2.75, 3.05) is 6.26 Å². The molecule has 100 valence electrons. The topological polar surface area (TPSA) is 12.0 Å². The van der Waals surface area contributed by atoms with Crippen molar-refractivity contribution in [2.45, 2.75) is 50.6 Å². The van der Waals surface area contributed by atoms with E-state index in [-0.39, 0.29) is 0 Å². The first-order valence-corrected chi connectivity index (χ1v) is 8.28. The van der Waals surface area contributed by atoms with Crippen LogP contribution in [0.3, 0.4) is 0 Å². The van der Waals surface area contributed by atoms with Gasteiger partial charge in [-0.2, -0.15) is 0 Å². The zero-order chi connectivity index (χ0) is 13.0.